The van der Waals surface area contributed by atoms with Crippen LogP contribution >= 0.6 is 0 Å². The molecule has 1 aromatic rings. The van der Waals surface area contributed by atoms with Crippen LogP contribution in [0.15, 0.2) is 12.5 Å². The molecule has 0 aliphatic heterocycles. The van der Waals surface area contributed by atoms with Crippen LogP contribution in [-0.2, 0) is 25.6 Å². The van der Waals surface area contributed by atoms with Gasteiger partial charge in [0.05, 0.1) is 18.5 Å². The molecular formula is C22H40N8O6. The number of carbonyl (C=O) groups is 4. The van der Waals surface area contributed by atoms with E-state index in [1.165, 1.54) is 19.4 Å². The molecule has 0 fully saturated rings. The summed E-state index contributed by atoms with van der Waals surface area (Å²) in [5.74, 6) is -3.41. The molecule has 204 valence electrons. The molecule has 12 N–H and O–H groups in total. The van der Waals surface area contributed by atoms with Gasteiger partial charge in [0.25, 0.3) is 0 Å². The van der Waals surface area contributed by atoms with Crippen LogP contribution in [0.4, 0.5) is 0 Å². The Labute approximate surface area is 210 Å². The Hall–Kier alpha value is -3.07. The van der Waals surface area contributed by atoms with E-state index in [2.05, 4.69) is 25.9 Å². The van der Waals surface area contributed by atoms with Crippen molar-refractivity contribution < 1.29 is 29.4 Å². The Morgan fingerprint density at radius 3 is 2.08 bits per heavy atom. The zero-order valence-electron chi connectivity index (χ0n) is 20.6. The Balaban J connectivity index is 2.90. The number of aromatic nitrogens is 2. The second kappa shape index (κ2) is 16.6. The molecule has 1 aromatic heterocycles. The predicted molar refractivity (Wildman–Crippen MR) is 131 cm³/mol. The van der Waals surface area contributed by atoms with Gasteiger partial charge in [0.1, 0.15) is 18.1 Å². The first-order chi connectivity index (χ1) is 17.1. The molecule has 36 heavy (non-hydrogen) atoms. The number of rotatable bonds is 18. The maximum atomic E-state index is 13.0. The monoisotopic (exact) mass is 512 g/mol. The number of carboxylic acid groups (broad SMARTS) is 1. The molecule has 0 bridgehead atoms. The summed E-state index contributed by atoms with van der Waals surface area (Å²) in [4.78, 5) is 56.6. The molecule has 5 atom stereocenters. The fourth-order valence-electron chi connectivity index (χ4n) is 3.42. The van der Waals surface area contributed by atoms with Crippen LogP contribution < -0.4 is 33.2 Å². The molecule has 0 spiro atoms. The van der Waals surface area contributed by atoms with E-state index >= 15 is 0 Å². The summed E-state index contributed by atoms with van der Waals surface area (Å²) < 4.78 is 0. The number of carboxylic acids is 1. The first kappa shape index (κ1) is 31.0. The van der Waals surface area contributed by atoms with Crippen LogP contribution in [0, 0.1) is 0 Å². The highest BCUT2D eigenvalue weighted by Gasteiger charge is 2.32. The Morgan fingerprint density at radius 2 is 1.56 bits per heavy atom. The number of hydrogen-bond donors (Lipinski definition) is 9. The van der Waals surface area contributed by atoms with Crippen molar-refractivity contribution >= 4 is 23.7 Å². The van der Waals surface area contributed by atoms with E-state index in [4.69, 9.17) is 17.2 Å². The Bertz CT molecular complexity index is 819. The van der Waals surface area contributed by atoms with Crippen molar-refractivity contribution in [2.45, 2.75) is 82.1 Å². The quantitative estimate of drug-likeness (QED) is 0.0931. The third-order valence-electron chi connectivity index (χ3n) is 5.54. The smallest absolute Gasteiger partial charge is 0.326 e. The number of aliphatic carboxylic acids is 1. The van der Waals surface area contributed by atoms with E-state index < -0.39 is 54.0 Å². The lowest BCUT2D eigenvalue weighted by atomic mass is 10.0. The van der Waals surface area contributed by atoms with Crippen LogP contribution in [0.25, 0.3) is 0 Å². The maximum Gasteiger partial charge on any atom is 0.326 e. The SMILES string of the molecule is CC(O)C(NC(=O)C(N)CCCCN)C(=O)NC(CCCCN)C(=O)NC(Cc1cnc[nH]1)C(=O)O. The third kappa shape index (κ3) is 11.1. The second-order valence-electron chi connectivity index (χ2n) is 8.64. The summed E-state index contributed by atoms with van der Waals surface area (Å²) in [7, 11) is 0. The van der Waals surface area contributed by atoms with Gasteiger partial charge in [-0.2, -0.15) is 0 Å². The molecule has 14 heteroatoms. The first-order valence-electron chi connectivity index (χ1n) is 12.1. The number of carbonyl (C=O) groups excluding carboxylic acids is 3. The van der Waals surface area contributed by atoms with Crippen LogP contribution in [0.3, 0.4) is 0 Å². The third-order valence-corrected chi connectivity index (χ3v) is 5.54. The van der Waals surface area contributed by atoms with Gasteiger partial charge in [0.2, 0.25) is 17.7 Å². The van der Waals surface area contributed by atoms with E-state index in [9.17, 15) is 29.4 Å². The van der Waals surface area contributed by atoms with Crippen molar-refractivity contribution in [2.24, 2.45) is 17.2 Å². The van der Waals surface area contributed by atoms with E-state index in [1.54, 1.807) is 0 Å². The Morgan fingerprint density at radius 1 is 0.944 bits per heavy atom. The number of aliphatic hydroxyl groups is 1. The van der Waals surface area contributed by atoms with Gasteiger partial charge in [-0.05, 0) is 52.1 Å². The van der Waals surface area contributed by atoms with Crippen molar-refractivity contribution in [3.8, 4) is 0 Å². The minimum Gasteiger partial charge on any atom is -0.480 e. The normalized spacial score (nSPS) is 15.2. The number of hydrogen-bond acceptors (Lipinski definition) is 9. The van der Waals surface area contributed by atoms with Crippen LogP contribution in [0.5, 0.6) is 0 Å². The summed E-state index contributed by atoms with van der Waals surface area (Å²) in [6, 6.07) is -4.66. The minimum atomic E-state index is -1.37. The van der Waals surface area contributed by atoms with Crippen molar-refractivity contribution in [1.82, 2.24) is 25.9 Å². The standard InChI is InChI=1S/C22H40N8O6/c1-13(31)18(30-19(32)15(25)6-2-4-8-23)21(34)28-16(7-3-5-9-24)20(33)29-17(22(35)36)10-14-11-26-12-27-14/h11-13,15-18,31H,2-10,23-25H2,1H3,(H,26,27)(H,28,34)(H,29,33)(H,30,32)(H,35,36). The van der Waals surface area contributed by atoms with Crippen LogP contribution in [-0.4, -0.2) is 87.2 Å². The van der Waals surface area contributed by atoms with Gasteiger partial charge in [-0.25, -0.2) is 9.78 Å². The van der Waals surface area contributed by atoms with Gasteiger partial charge in [-0.15, -0.1) is 0 Å². The fourth-order valence-corrected chi connectivity index (χ4v) is 3.42. The van der Waals surface area contributed by atoms with Crippen molar-refractivity contribution in [2.75, 3.05) is 13.1 Å². The van der Waals surface area contributed by atoms with Gasteiger partial charge in [0.15, 0.2) is 0 Å². The number of nitrogens with two attached hydrogens (primary N) is 3. The molecule has 0 saturated heterocycles. The van der Waals surface area contributed by atoms with Gasteiger partial charge in [-0.1, -0.05) is 6.42 Å². The lowest BCUT2D eigenvalue weighted by Crippen LogP contribution is -2.59. The lowest BCUT2D eigenvalue weighted by Gasteiger charge is -2.26. The molecule has 0 radical (unpaired) electrons. The molecule has 14 nitrogen and oxygen atoms in total. The summed E-state index contributed by atoms with van der Waals surface area (Å²) >= 11 is 0. The average molecular weight is 513 g/mol. The van der Waals surface area contributed by atoms with E-state index in [-0.39, 0.29) is 12.8 Å². The molecule has 1 heterocycles. The second-order valence-corrected chi connectivity index (χ2v) is 8.64. The van der Waals surface area contributed by atoms with E-state index in [0.29, 0.717) is 50.9 Å². The molecule has 0 saturated carbocycles. The first-order valence-corrected chi connectivity index (χ1v) is 12.1. The molecule has 5 unspecified atom stereocenters. The maximum absolute atomic E-state index is 13.0. The fraction of sp³-hybridized carbons (Fsp3) is 0.682. The molecular weight excluding hydrogens is 472 g/mol. The zero-order valence-corrected chi connectivity index (χ0v) is 20.6. The Kier molecular flexibility index (Phi) is 14.3. The number of imidazole rings is 1. The van der Waals surface area contributed by atoms with Crippen LogP contribution in [0.2, 0.25) is 0 Å². The summed E-state index contributed by atoms with van der Waals surface area (Å²) in [6.07, 6.45) is 4.40. The summed E-state index contributed by atoms with van der Waals surface area (Å²) in [5.41, 5.74) is 17.3. The number of amides is 3. The number of aliphatic hydroxyl groups excluding tert-OH is 1. The molecule has 3 amide bonds. The van der Waals surface area contributed by atoms with Crippen molar-refractivity contribution in [3.05, 3.63) is 18.2 Å². The lowest BCUT2D eigenvalue weighted by molar-refractivity contribution is -0.142. The topological polar surface area (TPSA) is 252 Å². The van der Waals surface area contributed by atoms with E-state index in [0.717, 1.165) is 0 Å². The largest absolute Gasteiger partial charge is 0.480 e. The van der Waals surface area contributed by atoms with Gasteiger partial charge < -0.3 is 48.3 Å². The minimum absolute atomic E-state index is 0.0427. The highest BCUT2D eigenvalue weighted by atomic mass is 16.4. The van der Waals surface area contributed by atoms with Gasteiger partial charge in [0, 0.05) is 18.3 Å². The average Bonchev–Trinajstić information content (AvgIpc) is 3.34. The number of nitrogens with zero attached hydrogens (tertiary/aromatic N) is 1. The van der Waals surface area contributed by atoms with Gasteiger partial charge >= 0.3 is 5.97 Å². The van der Waals surface area contributed by atoms with Gasteiger partial charge in [-0.3, -0.25) is 14.4 Å². The molecule has 1 rings (SSSR count). The number of aromatic amines is 1. The number of nitrogens with one attached hydrogen (secondary N) is 4. The highest BCUT2D eigenvalue weighted by molar-refractivity contribution is 5.94. The highest BCUT2D eigenvalue weighted by Crippen LogP contribution is 2.06. The van der Waals surface area contributed by atoms with Crippen molar-refractivity contribution in [3.63, 3.8) is 0 Å². The predicted octanol–water partition coefficient (Wildman–Crippen LogP) is -2.54. The number of unbranched alkanes of at least 4 members (excludes halogenated alkanes) is 2. The van der Waals surface area contributed by atoms with E-state index in [1.807, 2.05) is 0 Å². The summed E-state index contributed by atoms with van der Waals surface area (Å²) in [6.45, 7) is 2.15. The van der Waals surface area contributed by atoms with Crippen LogP contribution in [0.1, 0.15) is 51.1 Å². The molecule has 0 aliphatic carbocycles. The number of H-pyrrole nitrogens is 1. The molecule has 0 aromatic carbocycles. The van der Waals surface area contributed by atoms with Crippen molar-refractivity contribution in [1.29, 1.82) is 0 Å². The molecule has 0 aliphatic rings. The summed E-state index contributed by atoms with van der Waals surface area (Å²) in [5, 5.41) is 27.0. The zero-order chi connectivity index (χ0) is 27.1.